The van der Waals surface area contributed by atoms with Crippen LogP contribution >= 0.6 is 0 Å². The summed E-state index contributed by atoms with van der Waals surface area (Å²) in [6.07, 6.45) is 3.31. The predicted molar refractivity (Wildman–Crippen MR) is 87.3 cm³/mol. The largest absolute Gasteiger partial charge is 0.494 e. The number of aromatic nitrogens is 5. The number of ether oxygens (including phenoxy) is 1. The number of carbonyl (C=O) groups is 1. The average Bonchev–Trinajstić information content (AvgIpc) is 3.06. The molecule has 0 aliphatic heterocycles. The normalized spacial score (nSPS) is 10.4. The molecule has 8 nitrogen and oxygen atoms in total. The molecule has 1 amide bonds. The van der Waals surface area contributed by atoms with Crippen LogP contribution < -0.4 is 10.1 Å². The number of nitrogens with one attached hydrogen (secondary N) is 1. The Morgan fingerprint density at radius 3 is 2.79 bits per heavy atom. The second-order valence-electron chi connectivity index (χ2n) is 4.89. The molecule has 24 heavy (non-hydrogen) atoms. The zero-order valence-corrected chi connectivity index (χ0v) is 13.1. The van der Waals surface area contributed by atoms with Crippen LogP contribution in [-0.2, 0) is 11.3 Å². The van der Waals surface area contributed by atoms with Crippen molar-refractivity contribution in [2.24, 2.45) is 0 Å². The second kappa shape index (κ2) is 7.32. The van der Waals surface area contributed by atoms with Crippen LogP contribution in [-0.4, -0.2) is 37.7 Å². The topological polar surface area (TPSA) is 94.8 Å². The number of pyridine rings is 1. The first-order chi connectivity index (χ1) is 11.7. The minimum atomic E-state index is -0.241. The molecule has 3 aromatic rings. The van der Waals surface area contributed by atoms with E-state index in [1.807, 2.05) is 13.0 Å². The molecule has 3 rings (SSSR count). The summed E-state index contributed by atoms with van der Waals surface area (Å²) in [4.78, 5) is 17.3. The summed E-state index contributed by atoms with van der Waals surface area (Å²) >= 11 is 0. The molecule has 0 aliphatic carbocycles. The highest BCUT2D eigenvalue weighted by Crippen LogP contribution is 2.15. The number of hydrogen-bond acceptors (Lipinski definition) is 6. The molecule has 0 saturated carbocycles. The van der Waals surface area contributed by atoms with Crippen LogP contribution in [0.2, 0.25) is 0 Å². The van der Waals surface area contributed by atoms with Crippen molar-refractivity contribution in [1.29, 1.82) is 0 Å². The quantitative estimate of drug-likeness (QED) is 0.742. The van der Waals surface area contributed by atoms with Gasteiger partial charge in [0, 0.05) is 23.6 Å². The number of carbonyl (C=O) groups excluding carboxylic acids is 1. The molecule has 0 fully saturated rings. The highest BCUT2D eigenvalue weighted by atomic mass is 16.5. The SMILES string of the molecule is CCOc1ccc(NC(=O)Cn2nnc(-c3cccnc3)n2)cc1. The summed E-state index contributed by atoms with van der Waals surface area (Å²) in [7, 11) is 0. The van der Waals surface area contributed by atoms with Gasteiger partial charge in [-0.3, -0.25) is 9.78 Å². The summed E-state index contributed by atoms with van der Waals surface area (Å²) in [6, 6.07) is 10.8. The fourth-order valence-corrected chi connectivity index (χ4v) is 2.05. The molecule has 0 saturated heterocycles. The van der Waals surface area contributed by atoms with Crippen molar-refractivity contribution in [3.63, 3.8) is 0 Å². The Bertz CT molecular complexity index is 801. The highest BCUT2D eigenvalue weighted by molar-refractivity contribution is 5.90. The Hall–Kier alpha value is -3.29. The van der Waals surface area contributed by atoms with Crippen LogP contribution in [0.3, 0.4) is 0 Å². The van der Waals surface area contributed by atoms with Gasteiger partial charge in [0.1, 0.15) is 12.3 Å². The number of rotatable bonds is 6. The third-order valence-electron chi connectivity index (χ3n) is 3.11. The molecule has 0 spiro atoms. The molecule has 0 bridgehead atoms. The minimum Gasteiger partial charge on any atom is -0.494 e. The summed E-state index contributed by atoms with van der Waals surface area (Å²) < 4.78 is 5.36. The van der Waals surface area contributed by atoms with E-state index in [1.54, 1.807) is 42.7 Å². The Morgan fingerprint density at radius 2 is 2.08 bits per heavy atom. The number of nitrogens with zero attached hydrogens (tertiary/aromatic N) is 5. The van der Waals surface area contributed by atoms with Gasteiger partial charge in [0.05, 0.1) is 6.61 Å². The first-order valence-electron chi connectivity index (χ1n) is 7.45. The van der Waals surface area contributed by atoms with Crippen LogP contribution in [0, 0.1) is 0 Å². The maximum atomic E-state index is 12.1. The van der Waals surface area contributed by atoms with Gasteiger partial charge in [-0.05, 0) is 48.5 Å². The Balaban J connectivity index is 1.60. The number of hydrogen-bond donors (Lipinski definition) is 1. The van der Waals surface area contributed by atoms with Crippen LogP contribution in [0.15, 0.2) is 48.8 Å². The summed E-state index contributed by atoms with van der Waals surface area (Å²) in [5.41, 5.74) is 1.42. The van der Waals surface area contributed by atoms with E-state index in [2.05, 4.69) is 25.7 Å². The van der Waals surface area contributed by atoms with Crippen LogP contribution in [0.4, 0.5) is 5.69 Å². The van der Waals surface area contributed by atoms with Gasteiger partial charge in [-0.25, -0.2) is 0 Å². The molecule has 2 aromatic heterocycles. The molecule has 122 valence electrons. The van der Waals surface area contributed by atoms with Gasteiger partial charge in [0.25, 0.3) is 0 Å². The first-order valence-corrected chi connectivity index (χ1v) is 7.45. The molecule has 0 atom stereocenters. The van der Waals surface area contributed by atoms with Crippen molar-refractivity contribution in [3.05, 3.63) is 48.8 Å². The van der Waals surface area contributed by atoms with Crippen molar-refractivity contribution in [1.82, 2.24) is 25.2 Å². The summed E-state index contributed by atoms with van der Waals surface area (Å²) in [6.45, 7) is 2.49. The van der Waals surface area contributed by atoms with E-state index in [-0.39, 0.29) is 12.5 Å². The lowest BCUT2D eigenvalue weighted by molar-refractivity contribution is -0.117. The zero-order chi connectivity index (χ0) is 16.8. The second-order valence-corrected chi connectivity index (χ2v) is 4.89. The Labute approximate surface area is 138 Å². The molecule has 0 unspecified atom stereocenters. The van der Waals surface area contributed by atoms with Crippen molar-refractivity contribution in [3.8, 4) is 17.1 Å². The maximum Gasteiger partial charge on any atom is 0.248 e. The number of amides is 1. The highest BCUT2D eigenvalue weighted by Gasteiger charge is 2.09. The van der Waals surface area contributed by atoms with E-state index < -0.39 is 0 Å². The lowest BCUT2D eigenvalue weighted by Crippen LogP contribution is -2.20. The number of benzene rings is 1. The van der Waals surface area contributed by atoms with Crippen molar-refractivity contribution in [2.75, 3.05) is 11.9 Å². The number of tetrazole rings is 1. The van der Waals surface area contributed by atoms with Gasteiger partial charge < -0.3 is 10.1 Å². The van der Waals surface area contributed by atoms with Gasteiger partial charge in [-0.2, -0.15) is 4.80 Å². The van der Waals surface area contributed by atoms with Crippen molar-refractivity contribution >= 4 is 11.6 Å². The van der Waals surface area contributed by atoms with Crippen LogP contribution in [0.1, 0.15) is 6.92 Å². The molecular weight excluding hydrogens is 308 g/mol. The third-order valence-corrected chi connectivity index (χ3v) is 3.11. The van der Waals surface area contributed by atoms with Gasteiger partial charge >= 0.3 is 0 Å². The van der Waals surface area contributed by atoms with E-state index in [0.29, 0.717) is 18.1 Å². The predicted octanol–water partition coefficient (Wildman–Crippen LogP) is 1.77. The van der Waals surface area contributed by atoms with Gasteiger partial charge in [0.2, 0.25) is 11.7 Å². The fraction of sp³-hybridized carbons (Fsp3) is 0.188. The van der Waals surface area contributed by atoms with Gasteiger partial charge in [-0.1, -0.05) is 0 Å². The molecule has 8 heteroatoms. The maximum absolute atomic E-state index is 12.1. The number of anilines is 1. The minimum absolute atomic E-state index is 0.0273. The van der Waals surface area contributed by atoms with Crippen molar-refractivity contribution < 1.29 is 9.53 Å². The fourth-order valence-electron chi connectivity index (χ4n) is 2.05. The third kappa shape index (κ3) is 3.92. The van der Waals surface area contributed by atoms with E-state index in [4.69, 9.17) is 4.74 Å². The van der Waals surface area contributed by atoms with Gasteiger partial charge in [-0.15, -0.1) is 10.2 Å². The molecule has 0 radical (unpaired) electrons. The smallest absolute Gasteiger partial charge is 0.248 e. The lowest BCUT2D eigenvalue weighted by Gasteiger charge is -2.06. The molecule has 1 aromatic carbocycles. The molecule has 2 heterocycles. The van der Waals surface area contributed by atoms with E-state index >= 15 is 0 Å². The summed E-state index contributed by atoms with van der Waals surface area (Å²) in [5, 5.41) is 14.8. The van der Waals surface area contributed by atoms with E-state index in [1.165, 1.54) is 4.80 Å². The molecular formula is C16H16N6O2. The first kappa shape index (κ1) is 15.6. The average molecular weight is 324 g/mol. The van der Waals surface area contributed by atoms with E-state index in [9.17, 15) is 4.79 Å². The Morgan fingerprint density at radius 1 is 1.25 bits per heavy atom. The zero-order valence-electron chi connectivity index (χ0n) is 13.1. The lowest BCUT2D eigenvalue weighted by atomic mass is 10.3. The Kier molecular flexibility index (Phi) is 4.76. The monoisotopic (exact) mass is 324 g/mol. The van der Waals surface area contributed by atoms with Crippen LogP contribution in [0.25, 0.3) is 11.4 Å². The van der Waals surface area contributed by atoms with Crippen LogP contribution in [0.5, 0.6) is 5.75 Å². The van der Waals surface area contributed by atoms with E-state index in [0.717, 1.165) is 11.3 Å². The standard InChI is InChI=1S/C16H16N6O2/c1-2-24-14-7-5-13(6-8-14)18-15(23)11-22-20-16(19-21-22)12-4-3-9-17-10-12/h3-10H,2,11H2,1H3,(H,18,23). The van der Waals surface area contributed by atoms with Crippen molar-refractivity contribution in [2.45, 2.75) is 13.5 Å². The molecule has 1 N–H and O–H groups in total. The van der Waals surface area contributed by atoms with Gasteiger partial charge in [0.15, 0.2) is 0 Å². The molecule has 0 aliphatic rings. The summed E-state index contributed by atoms with van der Waals surface area (Å²) in [5.74, 6) is 0.945.